The van der Waals surface area contributed by atoms with Crippen LogP contribution in [0.3, 0.4) is 0 Å². The van der Waals surface area contributed by atoms with Gasteiger partial charge < -0.3 is 4.74 Å². The van der Waals surface area contributed by atoms with Crippen molar-refractivity contribution >= 4 is 23.8 Å². The lowest BCUT2D eigenvalue weighted by molar-refractivity contribution is 0.0588. The molecule has 1 aliphatic heterocycles. The summed E-state index contributed by atoms with van der Waals surface area (Å²) in [6.07, 6.45) is 2.26. The molecule has 21 heavy (non-hydrogen) atoms. The molecule has 1 aliphatic rings. The molecule has 2 amide bonds. The van der Waals surface area contributed by atoms with Crippen molar-refractivity contribution in [3.8, 4) is 0 Å². The highest BCUT2D eigenvalue weighted by Gasteiger charge is 2.25. The first kappa shape index (κ1) is 15.0. The average molecular weight is 291 g/mol. The molecule has 1 heterocycles. The van der Waals surface area contributed by atoms with Crippen LogP contribution in [0.5, 0.6) is 0 Å². The summed E-state index contributed by atoms with van der Waals surface area (Å²) in [6, 6.07) is 2.51. The Kier molecular flexibility index (Phi) is 3.72. The van der Waals surface area contributed by atoms with Gasteiger partial charge in [0.15, 0.2) is 0 Å². The van der Waals surface area contributed by atoms with Gasteiger partial charge in [0.25, 0.3) is 5.91 Å². The van der Waals surface area contributed by atoms with E-state index in [2.05, 4.69) is 5.32 Å². The fourth-order valence-corrected chi connectivity index (χ4v) is 1.84. The lowest BCUT2D eigenvalue weighted by atomic mass is 10.0. The van der Waals surface area contributed by atoms with Gasteiger partial charge in [0.2, 0.25) is 0 Å². The van der Waals surface area contributed by atoms with Crippen LogP contribution in [0.1, 0.15) is 36.7 Å². The van der Waals surface area contributed by atoms with Crippen molar-refractivity contribution in [3.05, 3.63) is 35.3 Å². The Labute approximate surface area is 122 Å². The van der Waals surface area contributed by atoms with Gasteiger partial charge >= 0.3 is 6.09 Å². The van der Waals surface area contributed by atoms with E-state index in [0.29, 0.717) is 5.56 Å². The molecule has 0 bridgehead atoms. The highest BCUT2D eigenvalue weighted by molar-refractivity contribution is 6.01. The van der Waals surface area contributed by atoms with Gasteiger partial charge in [-0.05, 0) is 44.5 Å². The molecule has 1 radical (unpaired) electrons. The molecule has 111 valence electrons. The van der Waals surface area contributed by atoms with Gasteiger partial charge in [0.1, 0.15) is 11.4 Å². The third-order valence-corrected chi connectivity index (χ3v) is 2.82. The number of amides is 2. The second kappa shape index (κ2) is 5.20. The Morgan fingerprint density at radius 2 is 2.00 bits per heavy atom. The third-order valence-electron chi connectivity index (χ3n) is 2.82. The summed E-state index contributed by atoms with van der Waals surface area (Å²) >= 11 is 0. The zero-order valence-corrected chi connectivity index (χ0v) is 12.3. The molecule has 6 heteroatoms. The number of carbonyl (C=O) groups is 2. The van der Waals surface area contributed by atoms with Crippen LogP contribution in [-0.4, -0.2) is 24.6 Å². The monoisotopic (exact) mass is 291 g/mol. The van der Waals surface area contributed by atoms with Crippen molar-refractivity contribution in [1.29, 1.82) is 0 Å². The summed E-state index contributed by atoms with van der Waals surface area (Å²) in [4.78, 5) is 24.6. The van der Waals surface area contributed by atoms with E-state index in [-0.39, 0.29) is 11.3 Å². The van der Waals surface area contributed by atoms with Gasteiger partial charge in [0, 0.05) is 13.2 Å². The number of anilines is 1. The van der Waals surface area contributed by atoms with E-state index >= 15 is 0 Å². The Morgan fingerprint density at radius 1 is 1.33 bits per heavy atom. The maximum absolute atomic E-state index is 14.1. The minimum Gasteiger partial charge on any atom is -0.443 e. The number of benzene rings is 1. The van der Waals surface area contributed by atoms with E-state index in [1.165, 1.54) is 19.3 Å². The molecular formula is C15H16FN2O3. The second-order valence-electron chi connectivity index (χ2n) is 5.68. The number of ether oxygens (including phenoxy) is 1. The van der Waals surface area contributed by atoms with Crippen LogP contribution in [0.2, 0.25) is 0 Å². The van der Waals surface area contributed by atoms with Gasteiger partial charge in [-0.2, -0.15) is 0 Å². The number of carbonyl (C=O) groups excluding carboxylic acids is 2. The lowest BCUT2D eigenvalue weighted by Crippen LogP contribution is -2.34. The molecule has 0 N–H and O–H groups in total. The zero-order valence-electron chi connectivity index (χ0n) is 12.3. The molecule has 0 fully saturated rings. The van der Waals surface area contributed by atoms with Crippen molar-refractivity contribution in [2.75, 3.05) is 11.9 Å². The Balaban J connectivity index is 2.35. The molecule has 0 aromatic heterocycles. The maximum atomic E-state index is 14.1. The molecule has 2 rings (SSSR count). The standard InChI is InChI=1S/C15H16FN2O3/c1-15(2,3)21-14(20)18(4)12-7-9-5-6-17-13(19)10(9)8-11(12)16/h5-8H,1-4H3. The molecule has 0 aliphatic carbocycles. The average Bonchev–Trinajstić information content (AvgIpc) is 2.36. The van der Waals surface area contributed by atoms with E-state index < -0.39 is 23.4 Å². The minimum absolute atomic E-state index is 0.0438. The van der Waals surface area contributed by atoms with E-state index in [9.17, 15) is 14.0 Å². The van der Waals surface area contributed by atoms with Crippen molar-refractivity contribution in [2.24, 2.45) is 0 Å². The topological polar surface area (TPSA) is 60.7 Å². The predicted octanol–water partition coefficient (Wildman–Crippen LogP) is 2.93. The van der Waals surface area contributed by atoms with Crippen molar-refractivity contribution in [2.45, 2.75) is 26.4 Å². The molecule has 0 saturated heterocycles. The Morgan fingerprint density at radius 3 is 2.62 bits per heavy atom. The SMILES string of the molecule is CN(C(=O)OC(C)(C)C)c1cc2c(cc1F)C(=O)[N]C=C2. The number of hydrogen-bond acceptors (Lipinski definition) is 3. The smallest absolute Gasteiger partial charge is 0.414 e. The number of rotatable bonds is 1. The van der Waals surface area contributed by atoms with E-state index in [0.717, 1.165) is 11.0 Å². The summed E-state index contributed by atoms with van der Waals surface area (Å²) in [5.74, 6) is -1.18. The first-order chi connectivity index (χ1) is 9.69. The normalized spacial score (nSPS) is 13.5. The quantitative estimate of drug-likeness (QED) is 0.799. The number of nitrogens with zero attached hydrogens (tertiary/aromatic N) is 2. The molecule has 0 spiro atoms. The highest BCUT2D eigenvalue weighted by atomic mass is 19.1. The van der Waals surface area contributed by atoms with Crippen molar-refractivity contribution < 1.29 is 18.7 Å². The van der Waals surface area contributed by atoms with E-state index in [1.807, 2.05) is 0 Å². The van der Waals surface area contributed by atoms with Gasteiger partial charge in [-0.25, -0.2) is 14.5 Å². The zero-order chi connectivity index (χ0) is 15.8. The number of fused-ring (bicyclic) bond motifs is 1. The first-order valence-electron chi connectivity index (χ1n) is 6.41. The number of halogens is 1. The van der Waals surface area contributed by atoms with Crippen molar-refractivity contribution in [1.82, 2.24) is 5.32 Å². The Hall–Kier alpha value is -2.37. The second-order valence-corrected chi connectivity index (χ2v) is 5.68. The summed E-state index contributed by atoms with van der Waals surface area (Å²) in [5.41, 5.74) is 0.0608. The van der Waals surface area contributed by atoms with Gasteiger partial charge in [-0.1, -0.05) is 0 Å². The van der Waals surface area contributed by atoms with Crippen LogP contribution in [-0.2, 0) is 4.74 Å². The van der Waals surface area contributed by atoms with Crippen LogP contribution in [0, 0.1) is 5.82 Å². The lowest BCUT2D eigenvalue weighted by Gasteiger charge is -2.25. The van der Waals surface area contributed by atoms with E-state index in [1.54, 1.807) is 26.8 Å². The fourth-order valence-electron chi connectivity index (χ4n) is 1.84. The summed E-state index contributed by atoms with van der Waals surface area (Å²) in [5, 5.41) is 3.58. The fraction of sp³-hybridized carbons (Fsp3) is 0.333. The number of hydrogen-bond donors (Lipinski definition) is 0. The molecule has 5 nitrogen and oxygen atoms in total. The van der Waals surface area contributed by atoms with Gasteiger partial charge in [-0.3, -0.25) is 9.69 Å². The van der Waals surface area contributed by atoms with Crippen LogP contribution in [0.4, 0.5) is 14.9 Å². The van der Waals surface area contributed by atoms with Crippen LogP contribution in [0.15, 0.2) is 18.3 Å². The van der Waals surface area contributed by atoms with Crippen LogP contribution in [0.25, 0.3) is 6.08 Å². The first-order valence-corrected chi connectivity index (χ1v) is 6.41. The molecule has 0 atom stereocenters. The molecule has 1 aromatic carbocycles. The molecule has 0 unspecified atom stereocenters. The summed E-state index contributed by atoms with van der Waals surface area (Å²) in [7, 11) is 1.41. The van der Waals surface area contributed by atoms with Gasteiger partial charge in [-0.15, -0.1) is 0 Å². The Bertz CT molecular complexity index is 633. The van der Waals surface area contributed by atoms with Crippen LogP contribution < -0.4 is 10.2 Å². The van der Waals surface area contributed by atoms with E-state index in [4.69, 9.17) is 4.74 Å². The summed E-state index contributed by atoms with van der Waals surface area (Å²) < 4.78 is 19.3. The molecule has 1 aromatic rings. The van der Waals surface area contributed by atoms with Crippen molar-refractivity contribution in [3.63, 3.8) is 0 Å². The van der Waals surface area contributed by atoms with Crippen LogP contribution >= 0.6 is 0 Å². The maximum Gasteiger partial charge on any atom is 0.414 e. The predicted molar refractivity (Wildman–Crippen MR) is 76.5 cm³/mol. The third kappa shape index (κ3) is 3.21. The highest BCUT2D eigenvalue weighted by Crippen LogP contribution is 2.27. The molecular weight excluding hydrogens is 275 g/mol. The molecule has 0 saturated carbocycles. The van der Waals surface area contributed by atoms with Gasteiger partial charge in [0.05, 0.1) is 11.3 Å². The largest absolute Gasteiger partial charge is 0.443 e. The summed E-state index contributed by atoms with van der Waals surface area (Å²) in [6.45, 7) is 5.18. The minimum atomic E-state index is -0.680.